The summed E-state index contributed by atoms with van der Waals surface area (Å²) < 4.78 is 5.08. The maximum Gasteiger partial charge on any atom is 0.0589 e. The van der Waals surface area contributed by atoms with Crippen LogP contribution in [0.25, 0.3) is 0 Å². The SMILES string of the molecule is COCCN(CCCC(C)N)C(C)C. The smallest absolute Gasteiger partial charge is 0.0589 e. The van der Waals surface area contributed by atoms with E-state index in [9.17, 15) is 0 Å². The summed E-state index contributed by atoms with van der Waals surface area (Å²) in [6.07, 6.45) is 2.29. The first kappa shape index (κ1) is 13.9. The number of hydrogen-bond acceptors (Lipinski definition) is 3. The van der Waals surface area contributed by atoms with E-state index in [0.29, 0.717) is 12.1 Å². The minimum Gasteiger partial charge on any atom is -0.383 e. The van der Waals surface area contributed by atoms with Gasteiger partial charge in [-0.15, -0.1) is 0 Å². The van der Waals surface area contributed by atoms with Gasteiger partial charge in [-0.2, -0.15) is 0 Å². The quantitative estimate of drug-likeness (QED) is 0.648. The van der Waals surface area contributed by atoms with Crippen molar-refractivity contribution in [1.29, 1.82) is 0 Å². The summed E-state index contributed by atoms with van der Waals surface area (Å²) in [5, 5.41) is 0. The Morgan fingerprint density at radius 3 is 2.29 bits per heavy atom. The van der Waals surface area contributed by atoms with E-state index in [1.54, 1.807) is 7.11 Å². The molecule has 14 heavy (non-hydrogen) atoms. The highest BCUT2D eigenvalue weighted by molar-refractivity contribution is 4.64. The van der Waals surface area contributed by atoms with Gasteiger partial charge in [0.2, 0.25) is 0 Å². The standard InChI is InChI=1S/C11H26N2O/c1-10(2)13(8-9-14-4)7-5-6-11(3)12/h10-11H,5-9,12H2,1-4H3. The zero-order chi connectivity index (χ0) is 11.0. The molecular weight excluding hydrogens is 176 g/mol. The minimum atomic E-state index is 0.325. The highest BCUT2D eigenvalue weighted by atomic mass is 16.5. The number of ether oxygens (including phenoxy) is 1. The Hall–Kier alpha value is -0.120. The van der Waals surface area contributed by atoms with E-state index in [1.165, 1.54) is 6.42 Å². The summed E-state index contributed by atoms with van der Waals surface area (Å²) in [7, 11) is 1.75. The summed E-state index contributed by atoms with van der Waals surface area (Å²) in [6.45, 7) is 9.48. The Morgan fingerprint density at radius 2 is 1.86 bits per heavy atom. The van der Waals surface area contributed by atoms with Crippen LogP contribution in [0, 0.1) is 0 Å². The van der Waals surface area contributed by atoms with Crippen LogP contribution in [0.4, 0.5) is 0 Å². The molecule has 0 bridgehead atoms. The zero-order valence-electron chi connectivity index (χ0n) is 10.1. The molecule has 0 aliphatic carbocycles. The Labute approximate surface area is 88.6 Å². The molecule has 0 spiro atoms. The summed E-state index contributed by atoms with van der Waals surface area (Å²) in [4.78, 5) is 2.44. The van der Waals surface area contributed by atoms with E-state index in [2.05, 4.69) is 25.7 Å². The van der Waals surface area contributed by atoms with Gasteiger partial charge in [0, 0.05) is 25.7 Å². The Morgan fingerprint density at radius 1 is 1.21 bits per heavy atom. The molecule has 0 aromatic heterocycles. The Kier molecular flexibility index (Phi) is 8.14. The lowest BCUT2D eigenvalue weighted by Crippen LogP contribution is -2.35. The average molecular weight is 202 g/mol. The van der Waals surface area contributed by atoms with Crippen molar-refractivity contribution in [2.75, 3.05) is 26.8 Å². The molecule has 0 fully saturated rings. The van der Waals surface area contributed by atoms with E-state index in [-0.39, 0.29) is 0 Å². The molecule has 0 saturated heterocycles. The predicted molar refractivity (Wildman–Crippen MR) is 61.5 cm³/mol. The van der Waals surface area contributed by atoms with Gasteiger partial charge in [-0.25, -0.2) is 0 Å². The second-order valence-electron chi connectivity index (χ2n) is 4.24. The fourth-order valence-corrected chi connectivity index (χ4v) is 1.45. The van der Waals surface area contributed by atoms with Gasteiger partial charge in [0.1, 0.15) is 0 Å². The summed E-state index contributed by atoms with van der Waals surface area (Å²) in [5.74, 6) is 0. The third kappa shape index (κ3) is 7.30. The van der Waals surface area contributed by atoms with Gasteiger partial charge in [0.05, 0.1) is 6.61 Å². The topological polar surface area (TPSA) is 38.5 Å². The first-order chi connectivity index (χ1) is 6.57. The number of methoxy groups -OCH3 is 1. The molecule has 3 heteroatoms. The normalized spacial score (nSPS) is 13.9. The van der Waals surface area contributed by atoms with Crippen molar-refractivity contribution in [3.05, 3.63) is 0 Å². The van der Waals surface area contributed by atoms with Crippen molar-refractivity contribution in [3.8, 4) is 0 Å². The average Bonchev–Trinajstić information content (AvgIpc) is 2.09. The second-order valence-corrected chi connectivity index (χ2v) is 4.24. The maximum atomic E-state index is 5.71. The summed E-state index contributed by atoms with van der Waals surface area (Å²) >= 11 is 0. The van der Waals surface area contributed by atoms with Crippen LogP contribution >= 0.6 is 0 Å². The third-order valence-electron chi connectivity index (χ3n) is 2.42. The van der Waals surface area contributed by atoms with Gasteiger partial charge in [0.15, 0.2) is 0 Å². The van der Waals surface area contributed by atoms with Gasteiger partial charge in [-0.05, 0) is 40.2 Å². The lowest BCUT2D eigenvalue weighted by Gasteiger charge is -2.26. The zero-order valence-corrected chi connectivity index (χ0v) is 10.1. The summed E-state index contributed by atoms with van der Waals surface area (Å²) in [5.41, 5.74) is 5.71. The van der Waals surface area contributed by atoms with Gasteiger partial charge >= 0.3 is 0 Å². The largest absolute Gasteiger partial charge is 0.383 e. The first-order valence-electron chi connectivity index (χ1n) is 5.56. The molecular formula is C11H26N2O. The minimum absolute atomic E-state index is 0.325. The number of nitrogens with two attached hydrogens (primary N) is 1. The molecule has 0 aromatic rings. The van der Waals surface area contributed by atoms with Crippen molar-refractivity contribution >= 4 is 0 Å². The highest BCUT2D eigenvalue weighted by Crippen LogP contribution is 2.02. The van der Waals surface area contributed by atoms with Gasteiger partial charge in [-0.1, -0.05) is 0 Å². The Balaban J connectivity index is 3.62. The molecule has 86 valence electrons. The third-order valence-corrected chi connectivity index (χ3v) is 2.42. The van der Waals surface area contributed by atoms with Gasteiger partial charge < -0.3 is 10.5 Å². The van der Waals surface area contributed by atoms with Crippen LogP contribution in [-0.4, -0.2) is 43.8 Å². The maximum absolute atomic E-state index is 5.71. The van der Waals surface area contributed by atoms with Crippen LogP contribution in [0.3, 0.4) is 0 Å². The van der Waals surface area contributed by atoms with Crippen LogP contribution in [0.15, 0.2) is 0 Å². The van der Waals surface area contributed by atoms with Crippen LogP contribution < -0.4 is 5.73 Å². The van der Waals surface area contributed by atoms with E-state index >= 15 is 0 Å². The predicted octanol–water partition coefficient (Wildman–Crippen LogP) is 1.47. The monoisotopic (exact) mass is 202 g/mol. The molecule has 3 nitrogen and oxygen atoms in total. The van der Waals surface area contributed by atoms with Crippen molar-refractivity contribution in [2.45, 2.75) is 45.7 Å². The molecule has 0 heterocycles. The van der Waals surface area contributed by atoms with E-state index in [4.69, 9.17) is 10.5 Å². The molecule has 0 saturated carbocycles. The number of nitrogens with zero attached hydrogens (tertiary/aromatic N) is 1. The summed E-state index contributed by atoms with van der Waals surface area (Å²) in [6, 6.07) is 0.921. The Bertz CT molecular complexity index is 126. The van der Waals surface area contributed by atoms with Crippen molar-refractivity contribution in [2.24, 2.45) is 5.73 Å². The molecule has 0 radical (unpaired) electrons. The lowest BCUT2D eigenvalue weighted by atomic mass is 10.2. The molecule has 1 atom stereocenters. The van der Waals surface area contributed by atoms with Gasteiger partial charge in [0.25, 0.3) is 0 Å². The number of hydrogen-bond donors (Lipinski definition) is 1. The van der Waals surface area contributed by atoms with Crippen molar-refractivity contribution < 1.29 is 4.74 Å². The number of rotatable bonds is 8. The van der Waals surface area contributed by atoms with E-state index in [0.717, 1.165) is 26.1 Å². The molecule has 0 aliphatic heterocycles. The molecule has 0 aliphatic rings. The van der Waals surface area contributed by atoms with Crippen LogP contribution in [0.5, 0.6) is 0 Å². The highest BCUT2D eigenvalue weighted by Gasteiger charge is 2.08. The van der Waals surface area contributed by atoms with Crippen LogP contribution in [0.2, 0.25) is 0 Å². The van der Waals surface area contributed by atoms with Crippen molar-refractivity contribution in [1.82, 2.24) is 4.90 Å². The molecule has 0 aromatic carbocycles. The van der Waals surface area contributed by atoms with E-state index in [1.807, 2.05) is 0 Å². The van der Waals surface area contributed by atoms with E-state index < -0.39 is 0 Å². The fourth-order valence-electron chi connectivity index (χ4n) is 1.45. The fraction of sp³-hybridized carbons (Fsp3) is 1.00. The van der Waals surface area contributed by atoms with Gasteiger partial charge in [-0.3, -0.25) is 4.90 Å². The van der Waals surface area contributed by atoms with Crippen LogP contribution in [-0.2, 0) is 4.74 Å². The molecule has 1 unspecified atom stereocenters. The first-order valence-corrected chi connectivity index (χ1v) is 5.56. The lowest BCUT2D eigenvalue weighted by molar-refractivity contribution is 0.128. The van der Waals surface area contributed by atoms with Crippen LogP contribution in [0.1, 0.15) is 33.6 Å². The van der Waals surface area contributed by atoms with Crippen molar-refractivity contribution in [3.63, 3.8) is 0 Å². The molecule has 0 rings (SSSR count). The molecule has 2 N–H and O–H groups in total. The molecule has 0 amide bonds. The second kappa shape index (κ2) is 8.21.